The maximum Gasteiger partial charge on any atom is 0.274 e. The molecule has 0 unspecified atom stereocenters. The summed E-state index contributed by atoms with van der Waals surface area (Å²) in [6.45, 7) is 1.22. The molecule has 3 rings (SSSR count). The fourth-order valence-corrected chi connectivity index (χ4v) is 3.13. The highest BCUT2D eigenvalue weighted by molar-refractivity contribution is 6.30. The summed E-state index contributed by atoms with van der Waals surface area (Å²) in [5, 5.41) is 3.76. The Morgan fingerprint density at radius 3 is 2.54 bits per heavy atom. The summed E-state index contributed by atoms with van der Waals surface area (Å²) in [7, 11) is 0. The van der Waals surface area contributed by atoms with Crippen LogP contribution < -0.4 is 5.32 Å². The van der Waals surface area contributed by atoms with Gasteiger partial charge in [-0.05, 0) is 37.0 Å². The average Bonchev–Trinajstić information content (AvgIpc) is 2.68. The monoisotopic (exact) mass is 372 g/mol. The minimum atomic E-state index is -0.106. The van der Waals surface area contributed by atoms with Crippen molar-refractivity contribution in [2.24, 2.45) is 0 Å². The Labute approximate surface area is 157 Å². The van der Waals surface area contributed by atoms with Crippen molar-refractivity contribution in [3.8, 4) is 0 Å². The van der Waals surface area contributed by atoms with E-state index < -0.39 is 0 Å². The van der Waals surface area contributed by atoms with Crippen molar-refractivity contribution in [3.05, 3.63) is 59.1 Å². The molecule has 1 aliphatic rings. The minimum Gasteiger partial charge on any atom is -0.353 e. The lowest BCUT2D eigenvalue weighted by atomic mass is 10.0. The van der Waals surface area contributed by atoms with Gasteiger partial charge in [0.15, 0.2) is 0 Å². The molecule has 0 saturated carbocycles. The number of piperidine rings is 1. The number of aromatic nitrogens is 2. The van der Waals surface area contributed by atoms with Crippen LogP contribution >= 0.6 is 11.6 Å². The summed E-state index contributed by atoms with van der Waals surface area (Å²) >= 11 is 5.86. The topological polar surface area (TPSA) is 75.2 Å². The quantitative estimate of drug-likeness (QED) is 0.874. The number of likely N-dealkylation sites (tertiary alicyclic amines) is 1. The van der Waals surface area contributed by atoms with Gasteiger partial charge in [-0.3, -0.25) is 14.6 Å². The molecule has 0 aliphatic carbocycles. The fourth-order valence-electron chi connectivity index (χ4n) is 3.01. The largest absolute Gasteiger partial charge is 0.353 e. The van der Waals surface area contributed by atoms with Gasteiger partial charge in [0.2, 0.25) is 5.91 Å². The molecule has 1 N–H and O–H groups in total. The van der Waals surface area contributed by atoms with E-state index in [1.807, 2.05) is 24.3 Å². The number of rotatable bonds is 5. The number of aryl methyl sites for hydroxylation is 1. The van der Waals surface area contributed by atoms with Crippen molar-refractivity contribution < 1.29 is 9.59 Å². The summed E-state index contributed by atoms with van der Waals surface area (Å²) in [6.07, 6.45) is 7.17. The number of amides is 2. The van der Waals surface area contributed by atoms with Crippen LogP contribution in [0.3, 0.4) is 0 Å². The third-order valence-electron chi connectivity index (χ3n) is 4.48. The lowest BCUT2D eigenvalue weighted by Crippen LogP contribution is -2.46. The zero-order valence-corrected chi connectivity index (χ0v) is 15.2. The number of carbonyl (C=O) groups excluding carboxylic acids is 2. The summed E-state index contributed by atoms with van der Waals surface area (Å²) < 4.78 is 0. The maximum atomic E-state index is 12.3. The van der Waals surface area contributed by atoms with Crippen LogP contribution in [-0.2, 0) is 11.2 Å². The van der Waals surface area contributed by atoms with Crippen molar-refractivity contribution in [3.63, 3.8) is 0 Å². The molecule has 26 heavy (non-hydrogen) atoms. The lowest BCUT2D eigenvalue weighted by Gasteiger charge is -2.32. The zero-order valence-electron chi connectivity index (χ0n) is 14.4. The molecule has 6 nitrogen and oxygen atoms in total. The van der Waals surface area contributed by atoms with E-state index in [2.05, 4.69) is 15.3 Å². The van der Waals surface area contributed by atoms with Crippen LogP contribution in [0.25, 0.3) is 0 Å². The molecule has 0 atom stereocenters. The average molecular weight is 373 g/mol. The van der Waals surface area contributed by atoms with Crippen LogP contribution in [0.4, 0.5) is 0 Å². The van der Waals surface area contributed by atoms with Gasteiger partial charge in [-0.1, -0.05) is 23.7 Å². The summed E-state index contributed by atoms with van der Waals surface area (Å²) in [5.74, 6) is -0.0655. The van der Waals surface area contributed by atoms with Crippen molar-refractivity contribution in [2.75, 3.05) is 13.1 Å². The molecule has 2 amide bonds. The van der Waals surface area contributed by atoms with Gasteiger partial charge >= 0.3 is 0 Å². The second kappa shape index (κ2) is 8.76. The first-order chi connectivity index (χ1) is 12.6. The minimum absolute atomic E-state index is 0.0404. The molecule has 0 bridgehead atoms. The van der Waals surface area contributed by atoms with Gasteiger partial charge in [0.05, 0.1) is 6.20 Å². The van der Waals surface area contributed by atoms with Crippen molar-refractivity contribution in [1.29, 1.82) is 0 Å². The maximum absolute atomic E-state index is 12.3. The molecule has 1 fully saturated rings. The van der Waals surface area contributed by atoms with E-state index in [0.717, 1.165) is 18.4 Å². The Morgan fingerprint density at radius 1 is 1.15 bits per heavy atom. The Balaban J connectivity index is 1.41. The van der Waals surface area contributed by atoms with Gasteiger partial charge in [0, 0.05) is 43.0 Å². The lowest BCUT2D eigenvalue weighted by molar-refractivity contribution is -0.122. The molecule has 136 valence electrons. The number of hydrogen-bond acceptors (Lipinski definition) is 4. The number of carbonyl (C=O) groups is 2. The highest BCUT2D eigenvalue weighted by Crippen LogP contribution is 2.14. The molecule has 0 radical (unpaired) electrons. The Bertz CT molecular complexity index is 744. The highest BCUT2D eigenvalue weighted by Gasteiger charge is 2.25. The number of halogens is 1. The molecule has 1 aromatic heterocycles. The number of hydrogen-bond donors (Lipinski definition) is 1. The van der Waals surface area contributed by atoms with E-state index in [9.17, 15) is 9.59 Å². The first-order valence-electron chi connectivity index (χ1n) is 8.71. The van der Waals surface area contributed by atoms with Crippen LogP contribution in [-0.4, -0.2) is 45.8 Å². The summed E-state index contributed by atoms with van der Waals surface area (Å²) in [4.78, 5) is 34.2. The van der Waals surface area contributed by atoms with Crippen molar-refractivity contribution in [1.82, 2.24) is 20.2 Å². The second-order valence-corrected chi connectivity index (χ2v) is 6.79. The highest BCUT2D eigenvalue weighted by atomic mass is 35.5. The van der Waals surface area contributed by atoms with Gasteiger partial charge in [-0.2, -0.15) is 0 Å². The van der Waals surface area contributed by atoms with E-state index in [-0.39, 0.29) is 17.9 Å². The van der Waals surface area contributed by atoms with Crippen LogP contribution in [0, 0.1) is 0 Å². The van der Waals surface area contributed by atoms with E-state index in [1.54, 1.807) is 11.1 Å². The van der Waals surface area contributed by atoms with E-state index in [0.29, 0.717) is 36.6 Å². The first-order valence-corrected chi connectivity index (χ1v) is 9.09. The third kappa shape index (κ3) is 5.02. The number of nitrogens with one attached hydrogen (secondary N) is 1. The van der Waals surface area contributed by atoms with Crippen molar-refractivity contribution in [2.45, 2.75) is 31.7 Å². The van der Waals surface area contributed by atoms with E-state index in [1.165, 1.54) is 12.4 Å². The molecule has 1 aliphatic heterocycles. The molecular weight excluding hydrogens is 352 g/mol. The van der Waals surface area contributed by atoms with Crippen LogP contribution in [0.1, 0.15) is 35.3 Å². The fraction of sp³-hybridized carbons (Fsp3) is 0.368. The Morgan fingerprint density at radius 2 is 1.88 bits per heavy atom. The van der Waals surface area contributed by atoms with Gasteiger partial charge in [-0.25, -0.2) is 4.98 Å². The summed E-state index contributed by atoms with van der Waals surface area (Å²) in [6, 6.07) is 7.65. The number of nitrogens with zero attached hydrogens (tertiary/aromatic N) is 3. The standard InChI is InChI=1S/C19H21ClN4O2/c20-15-4-1-14(2-5-15)3-6-18(25)23-16-7-11-24(12-8-16)19(26)17-13-21-9-10-22-17/h1-2,4-5,9-10,13,16H,3,6-8,11-12H2,(H,23,25). The SMILES string of the molecule is O=C(CCc1ccc(Cl)cc1)NC1CCN(C(=O)c2cnccn2)CC1. The second-order valence-electron chi connectivity index (χ2n) is 6.35. The van der Waals surface area contributed by atoms with Crippen molar-refractivity contribution >= 4 is 23.4 Å². The molecule has 2 aromatic rings. The Hall–Kier alpha value is -2.47. The molecule has 0 spiro atoms. The molecule has 7 heteroatoms. The zero-order chi connectivity index (χ0) is 18.4. The third-order valence-corrected chi connectivity index (χ3v) is 4.74. The van der Waals surface area contributed by atoms with Gasteiger partial charge in [0.1, 0.15) is 5.69 Å². The van der Waals surface area contributed by atoms with Gasteiger partial charge in [-0.15, -0.1) is 0 Å². The smallest absolute Gasteiger partial charge is 0.274 e. The summed E-state index contributed by atoms with van der Waals surface area (Å²) in [5.41, 5.74) is 1.45. The van der Waals surface area contributed by atoms with Crippen LogP contribution in [0.5, 0.6) is 0 Å². The molecule has 2 heterocycles. The predicted octanol–water partition coefficient (Wildman–Crippen LogP) is 2.48. The molecular formula is C19H21ClN4O2. The normalized spacial score (nSPS) is 14.9. The predicted molar refractivity (Wildman–Crippen MR) is 98.9 cm³/mol. The Kier molecular flexibility index (Phi) is 6.17. The van der Waals surface area contributed by atoms with E-state index in [4.69, 9.17) is 11.6 Å². The van der Waals surface area contributed by atoms with Gasteiger partial charge in [0.25, 0.3) is 5.91 Å². The molecule has 1 saturated heterocycles. The number of benzene rings is 1. The van der Waals surface area contributed by atoms with Crippen LogP contribution in [0.2, 0.25) is 5.02 Å². The first kappa shape index (κ1) is 18.3. The van der Waals surface area contributed by atoms with Crippen LogP contribution in [0.15, 0.2) is 42.9 Å². The molecule has 1 aromatic carbocycles. The van der Waals surface area contributed by atoms with Gasteiger partial charge < -0.3 is 10.2 Å². The van der Waals surface area contributed by atoms with E-state index >= 15 is 0 Å².